The summed E-state index contributed by atoms with van der Waals surface area (Å²) in [4.78, 5) is 0. The van der Waals surface area contributed by atoms with Crippen LogP contribution >= 0.6 is 0 Å². The third kappa shape index (κ3) is 2.24. The van der Waals surface area contributed by atoms with E-state index in [0.717, 1.165) is 0 Å². The second-order valence-corrected chi connectivity index (χ2v) is 7.32. The van der Waals surface area contributed by atoms with Crippen molar-refractivity contribution in [3.63, 3.8) is 0 Å². The molecule has 1 aliphatic heterocycles. The van der Waals surface area contributed by atoms with Crippen LogP contribution in [0.15, 0.2) is 12.2 Å². The molecular formula is C10H18O4S. The Bertz CT molecular complexity index is 337. The molecule has 1 rings (SSSR count). The standard InChI is InChI=1S/C10H18O4S/c1-9(2,11)7-5-6-8(10(3,4)12)15(7,13)14/h5-8,11-12H,1-4H3. The van der Waals surface area contributed by atoms with E-state index in [2.05, 4.69) is 0 Å². The van der Waals surface area contributed by atoms with Crippen molar-refractivity contribution in [1.29, 1.82) is 0 Å². The van der Waals surface area contributed by atoms with Crippen LogP contribution in [0.2, 0.25) is 0 Å². The molecule has 0 bridgehead atoms. The maximum atomic E-state index is 12.0. The Morgan fingerprint density at radius 3 is 1.33 bits per heavy atom. The van der Waals surface area contributed by atoms with E-state index < -0.39 is 31.5 Å². The molecular weight excluding hydrogens is 216 g/mol. The molecule has 5 heteroatoms. The maximum absolute atomic E-state index is 12.0. The third-order valence-corrected chi connectivity index (χ3v) is 5.44. The van der Waals surface area contributed by atoms with Crippen molar-refractivity contribution in [2.45, 2.75) is 49.4 Å². The summed E-state index contributed by atoms with van der Waals surface area (Å²) < 4.78 is 24.0. The molecule has 0 aromatic carbocycles. The summed E-state index contributed by atoms with van der Waals surface area (Å²) in [5.41, 5.74) is -2.65. The molecule has 1 heterocycles. The van der Waals surface area contributed by atoms with Crippen molar-refractivity contribution in [1.82, 2.24) is 0 Å². The lowest BCUT2D eigenvalue weighted by molar-refractivity contribution is 0.0814. The maximum Gasteiger partial charge on any atom is 0.168 e. The van der Waals surface area contributed by atoms with E-state index in [4.69, 9.17) is 0 Å². The molecule has 2 unspecified atom stereocenters. The lowest BCUT2D eigenvalue weighted by Gasteiger charge is -2.29. The number of sulfone groups is 1. The van der Waals surface area contributed by atoms with Crippen LogP contribution in [0.1, 0.15) is 27.7 Å². The van der Waals surface area contributed by atoms with E-state index in [1.54, 1.807) is 0 Å². The number of hydrogen-bond acceptors (Lipinski definition) is 4. The molecule has 2 N–H and O–H groups in total. The molecule has 0 fully saturated rings. The van der Waals surface area contributed by atoms with Crippen LogP contribution in [0.4, 0.5) is 0 Å². The molecule has 4 nitrogen and oxygen atoms in total. The fourth-order valence-electron chi connectivity index (χ4n) is 1.85. The van der Waals surface area contributed by atoms with E-state index in [-0.39, 0.29) is 0 Å². The van der Waals surface area contributed by atoms with Gasteiger partial charge in [-0.25, -0.2) is 8.42 Å². The molecule has 0 aliphatic carbocycles. The zero-order valence-electron chi connectivity index (χ0n) is 9.43. The first-order chi connectivity index (χ1) is 6.47. The van der Waals surface area contributed by atoms with Crippen LogP contribution in [0.5, 0.6) is 0 Å². The van der Waals surface area contributed by atoms with Gasteiger partial charge in [-0.2, -0.15) is 0 Å². The summed E-state index contributed by atoms with van der Waals surface area (Å²) in [5, 5.41) is 17.6. The number of aliphatic hydroxyl groups is 2. The molecule has 0 saturated carbocycles. The third-order valence-electron chi connectivity index (χ3n) is 2.56. The van der Waals surface area contributed by atoms with Gasteiger partial charge in [0.1, 0.15) is 10.5 Å². The van der Waals surface area contributed by atoms with Crippen molar-refractivity contribution in [3.8, 4) is 0 Å². The van der Waals surface area contributed by atoms with Crippen molar-refractivity contribution < 1.29 is 18.6 Å². The van der Waals surface area contributed by atoms with Gasteiger partial charge in [-0.05, 0) is 27.7 Å². The van der Waals surface area contributed by atoms with Gasteiger partial charge in [-0.15, -0.1) is 0 Å². The van der Waals surface area contributed by atoms with Gasteiger partial charge in [0.2, 0.25) is 0 Å². The molecule has 0 aromatic heterocycles. The Kier molecular flexibility index (Phi) is 2.79. The minimum absolute atomic E-state index is 0.943. The van der Waals surface area contributed by atoms with Gasteiger partial charge in [-0.1, -0.05) is 12.2 Å². The van der Waals surface area contributed by atoms with E-state index in [1.165, 1.54) is 39.8 Å². The van der Waals surface area contributed by atoms with E-state index in [1.807, 2.05) is 0 Å². The Labute approximate surface area is 90.5 Å². The Morgan fingerprint density at radius 1 is 0.933 bits per heavy atom. The zero-order chi connectivity index (χ0) is 12.1. The van der Waals surface area contributed by atoms with Crippen molar-refractivity contribution in [2.75, 3.05) is 0 Å². The Hall–Kier alpha value is -0.390. The van der Waals surface area contributed by atoms with Gasteiger partial charge >= 0.3 is 0 Å². The van der Waals surface area contributed by atoms with Gasteiger partial charge in [0.15, 0.2) is 9.84 Å². The highest BCUT2D eigenvalue weighted by Crippen LogP contribution is 2.33. The Morgan fingerprint density at radius 2 is 1.20 bits per heavy atom. The van der Waals surface area contributed by atoms with E-state index >= 15 is 0 Å². The summed E-state index contributed by atoms with van der Waals surface area (Å²) in [6, 6.07) is 0. The first kappa shape index (κ1) is 12.7. The lowest BCUT2D eigenvalue weighted by Crippen LogP contribution is -2.47. The van der Waals surface area contributed by atoms with Crippen molar-refractivity contribution >= 4 is 9.84 Å². The molecule has 0 radical (unpaired) electrons. The highest BCUT2D eigenvalue weighted by Gasteiger charge is 2.49. The fourth-order valence-corrected chi connectivity index (χ4v) is 4.40. The summed E-state index contributed by atoms with van der Waals surface area (Å²) >= 11 is 0. The SMILES string of the molecule is CC(C)(O)C1C=CC(C(C)(C)O)S1(=O)=O. The molecule has 88 valence electrons. The topological polar surface area (TPSA) is 74.6 Å². The second-order valence-electron chi connectivity index (χ2n) is 5.12. The largest absolute Gasteiger partial charge is 0.389 e. The molecule has 0 aromatic rings. The predicted octanol–water partition coefficient (Wildman–Crippen LogP) is 0.250. The monoisotopic (exact) mass is 234 g/mol. The van der Waals surface area contributed by atoms with Gasteiger partial charge < -0.3 is 10.2 Å². The summed E-state index contributed by atoms with van der Waals surface area (Å²) in [6.45, 7) is 5.80. The lowest BCUT2D eigenvalue weighted by atomic mass is 10.0. The molecule has 0 amide bonds. The van der Waals surface area contributed by atoms with Gasteiger partial charge in [-0.3, -0.25) is 0 Å². The average molecular weight is 234 g/mol. The molecule has 0 saturated heterocycles. The van der Waals surface area contributed by atoms with Crippen LogP contribution in [0.25, 0.3) is 0 Å². The summed E-state index contributed by atoms with van der Waals surface area (Å²) in [5.74, 6) is 0. The van der Waals surface area contributed by atoms with Gasteiger partial charge in [0, 0.05) is 0 Å². The highest BCUT2D eigenvalue weighted by atomic mass is 32.2. The first-order valence-corrected chi connectivity index (χ1v) is 6.44. The average Bonchev–Trinajstić information content (AvgIpc) is 2.21. The van der Waals surface area contributed by atoms with Crippen LogP contribution in [-0.2, 0) is 9.84 Å². The van der Waals surface area contributed by atoms with Crippen LogP contribution < -0.4 is 0 Å². The van der Waals surface area contributed by atoms with Gasteiger partial charge in [0.25, 0.3) is 0 Å². The minimum atomic E-state index is -3.55. The summed E-state index contributed by atoms with van der Waals surface area (Å²) in [6.07, 6.45) is 2.91. The molecule has 1 aliphatic rings. The fraction of sp³-hybridized carbons (Fsp3) is 0.800. The molecule has 0 spiro atoms. The molecule has 15 heavy (non-hydrogen) atoms. The minimum Gasteiger partial charge on any atom is -0.389 e. The normalized spacial score (nSPS) is 30.8. The quantitative estimate of drug-likeness (QED) is 0.672. The number of hydrogen-bond donors (Lipinski definition) is 2. The van der Waals surface area contributed by atoms with Crippen LogP contribution in [0, 0.1) is 0 Å². The smallest absolute Gasteiger partial charge is 0.168 e. The van der Waals surface area contributed by atoms with Crippen LogP contribution in [0.3, 0.4) is 0 Å². The second kappa shape index (κ2) is 3.30. The predicted molar refractivity (Wildman–Crippen MR) is 58.2 cm³/mol. The first-order valence-electron chi connectivity index (χ1n) is 4.83. The number of rotatable bonds is 2. The highest BCUT2D eigenvalue weighted by molar-refractivity contribution is 7.93. The van der Waals surface area contributed by atoms with Crippen molar-refractivity contribution in [3.05, 3.63) is 12.2 Å². The van der Waals surface area contributed by atoms with E-state index in [0.29, 0.717) is 0 Å². The molecule has 2 atom stereocenters. The summed E-state index contributed by atoms with van der Waals surface area (Å²) in [7, 11) is -3.55. The van der Waals surface area contributed by atoms with E-state index in [9.17, 15) is 18.6 Å². The van der Waals surface area contributed by atoms with Crippen molar-refractivity contribution in [2.24, 2.45) is 0 Å². The Balaban J connectivity index is 3.14. The van der Waals surface area contributed by atoms with Gasteiger partial charge in [0.05, 0.1) is 11.2 Å². The zero-order valence-corrected chi connectivity index (χ0v) is 10.2. The van der Waals surface area contributed by atoms with Crippen LogP contribution in [-0.4, -0.2) is 40.3 Å².